The highest BCUT2D eigenvalue weighted by Gasteiger charge is 2.34. The monoisotopic (exact) mass is 332 g/mol. The van der Waals surface area contributed by atoms with E-state index in [4.69, 9.17) is 4.74 Å². The van der Waals surface area contributed by atoms with Crippen molar-refractivity contribution in [2.75, 3.05) is 13.7 Å². The number of nitrogens with one attached hydrogen (secondary N) is 2. The number of aryl methyl sites for hydroxylation is 1. The molecule has 0 amide bonds. The molecule has 0 radical (unpaired) electrons. The summed E-state index contributed by atoms with van der Waals surface area (Å²) in [5.41, 5.74) is 0.823. The lowest BCUT2D eigenvalue weighted by Gasteiger charge is -2.34. The summed E-state index contributed by atoms with van der Waals surface area (Å²) in [4.78, 5) is 1.34. The molecule has 0 spiro atoms. The molecular weight excluding hydrogens is 308 g/mol. The lowest BCUT2D eigenvalue weighted by Crippen LogP contribution is -2.47. The highest BCUT2D eigenvalue weighted by Crippen LogP contribution is 2.29. The van der Waals surface area contributed by atoms with Gasteiger partial charge in [0.15, 0.2) is 0 Å². The second-order valence-corrected chi connectivity index (χ2v) is 8.11. The molecule has 2 rings (SSSR count). The van der Waals surface area contributed by atoms with Gasteiger partial charge in [0.05, 0.1) is 6.10 Å². The van der Waals surface area contributed by atoms with Gasteiger partial charge < -0.3 is 10.1 Å². The molecule has 1 aromatic heterocycles. The maximum Gasteiger partial charge on any atom is 0.242 e. The van der Waals surface area contributed by atoms with Crippen molar-refractivity contribution in [2.24, 2.45) is 0 Å². The molecule has 1 aromatic rings. The van der Waals surface area contributed by atoms with Crippen LogP contribution in [0.1, 0.15) is 36.6 Å². The molecule has 1 aliphatic rings. The standard InChI is InChI=1S/C14H24N2O3S2/c1-4-5-15-8-13-14(10(2)9-20-13)21(17,18)16-11-6-12(7-11)19-3/h9,11-12,15-16H,4-8H2,1-3H3. The summed E-state index contributed by atoms with van der Waals surface area (Å²) in [6.07, 6.45) is 2.72. The third kappa shape index (κ3) is 4.04. The van der Waals surface area contributed by atoms with Crippen molar-refractivity contribution < 1.29 is 13.2 Å². The molecule has 2 N–H and O–H groups in total. The highest BCUT2D eigenvalue weighted by atomic mass is 32.2. The third-order valence-corrected chi connectivity index (χ3v) is 6.70. The molecule has 21 heavy (non-hydrogen) atoms. The fourth-order valence-corrected chi connectivity index (χ4v) is 5.52. The Morgan fingerprint density at radius 3 is 2.76 bits per heavy atom. The third-order valence-electron chi connectivity index (χ3n) is 3.72. The van der Waals surface area contributed by atoms with Crippen molar-refractivity contribution in [1.82, 2.24) is 10.0 Å². The fourth-order valence-electron chi connectivity index (χ4n) is 2.48. The molecule has 1 fully saturated rings. The first kappa shape index (κ1) is 16.9. The Hall–Kier alpha value is -0.470. The van der Waals surface area contributed by atoms with E-state index in [2.05, 4.69) is 17.0 Å². The van der Waals surface area contributed by atoms with E-state index in [9.17, 15) is 8.42 Å². The van der Waals surface area contributed by atoms with Gasteiger partial charge in [-0.05, 0) is 43.7 Å². The van der Waals surface area contributed by atoms with E-state index in [-0.39, 0.29) is 12.1 Å². The topological polar surface area (TPSA) is 67.4 Å². The normalized spacial score (nSPS) is 22.2. The number of sulfonamides is 1. The quantitative estimate of drug-likeness (QED) is 0.715. The Bertz CT molecular complexity index is 563. The zero-order valence-electron chi connectivity index (χ0n) is 12.8. The minimum atomic E-state index is -3.44. The number of hydrogen-bond acceptors (Lipinski definition) is 5. The molecule has 0 aromatic carbocycles. The molecule has 0 bridgehead atoms. The average molecular weight is 332 g/mol. The first-order chi connectivity index (χ1) is 9.97. The zero-order chi connectivity index (χ0) is 15.5. The summed E-state index contributed by atoms with van der Waals surface area (Å²) in [6, 6.07) is -0.00398. The van der Waals surface area contributed by atoms with Crippen molar-refractivity contribution in [3.05, 3.63) is 15.8 Å². The van der Waals surface area contributed by atoms with E-state index in [0.29, 0.717) is 11.4 Å². The smallest absolute Gasteiger partial charge is 0.242 e. The SMILES string of the molecule is CCCNCc1scc(C)c1S(=O)(=O)NC1CC(OC)C1. The van der Waals surface area contributed by atoms with Crippen molar-refractivity contribution >= 4 is 21.4 Å². The van der Waals surface area contributed by atoms with Crippen LogP contribution in [0.2, 0.25) is 0 Å². The van der Waals surface area contributed by atoms with E-state index in [0.717, 1.165) is 36.2 Å². The van der Waals surface area contributed by atoms with Crippen LogP contribution in [0.5, 0.6) is 0 Å². The van der Waals surface area contributed by atoms with Crippen LogP contribution in [-0.4, -0.2) is 34.2 Å². The number of hydrogen-bond donors (Lipinski definition) is 2. The summed E-state index contributed by atoms with van der Waals surface area (Å²) < 4.78 is 33.2. The van der Waals surface area contributed by atoms with Crippen molar-refractivity contribution in [3.63, 3.8) is 0 Å². The maximum absolute atomic E-state index is 12.6. The Morgan fingerprint density at radius 2 is 2.14 bits per heavy atom. The minimum absolute atomic E-state index is 0.00398. The Labute approximate surface area is 131 Å². The van der Waals surface area contributed by atoms with Crippen LogP contribution >= 0.6 is 11.3 Å². The van der Waals surface area contributed by atoms with Crippen LogP contribution in [0.4, 0.5) is 0 Å². The largest absolute Gasteiger partial charge is 0.381 e. The van der Waals surface area contributed by atoms with Gasteiger partial charge in [0.1, 0.15) is 4.90 Å². The van der Waals surface area contributed by atoms with Crippen LogP contribution < -0.4 is 10.0 Å². The molecule has 0 unspecified atom stereocenters. The highest BCUT2D eigenvalue weighted by molar-refractivity contribution is 7.89. The van der Waals surface area contributed by atoms with Crippen molar-refractivity contribution in [2.45, 2.75) is 56.7 Å². The Kier molecular flexibility index (Phi) is 5.79. The molecular formula is C14H24N2O3S2. The average Bonchev–Trinajstić information content (AvgIpc) is 2.76. The molecule has 0 saturated heterocycles. The van der Waals surface area contributed by atoms with Crippen LogP contribution in [0, 0.1) is 6.92 Å². The van der Waals surface area contributed by atoms with Crippen LogP contribution in [0.3, 0.4) is 0 Å². The molecule has 1 aliphatic carbocycles. The van der Waals surface area contributed by atoms with Crippen molar-refractivity contribution in [1.29, 1.82) is 0 Å². The molecule has 7 heteroatoms. The van der Waals surface area contributed by atoms with Gasteiger partial charge in [-0.2, -0.15) is 0 Å². The minimum Gasteiger partial charge on any atom is -0.381 e. The van der Waals surface area contributed by atoms with E-state index in [1.807, 2.05) is 12.3 Å². The first-order valence-electron chi connectivity index (χ1n) is 7.30. The first-order valence-corrected chi connectivity index (χ1v) is 9.67. The van der Waals surface area contributed by atoms with E-state index < -0.39 is 10.0 Å². The summed E-state index contributed by atoms with van der Waals surface area (Å²) in [6.45, 7) is 5.44. The van der Waals surface area contributed by atoms with Crippen LogP contribution in [0.25, 0.3) is 0 Å². The number of thiophene rings is 1. The zero-order valence-corrected chi connectivity index (χ0v) is 14.4. The second-order valence-electron chi connectivity index (χ2n) is 5.50. The van der Waals surface area contributed by atoms with E-state index in [1.165, 1.54) is 11.3 Å². The van der Waals surface area contributed by atoms with Crippen LogP contribution in [-0.2, 0) is 21.3 Å². The summed E-state index contributed by atoms with van der Waals surface area (Å²) >= 11 is 1.50. The number of ether oxygens (including phenoxy) is 1. The molecule has 0 atom stereocenters. The summed E-state index contributed by atoms with van der Waals surface area (Å²) in [5, 5.41) is 5.19. The molecule has 1 heterocycles. The van der Waals surface area contributed by atoms with Gasteiger partial charge in [0, 0.05) is 24.6 Å². The predicted octanol–water partition coefficient (Wildman–Crippen LogP) is 2.01. The van der Waals surface area contributed by atoms with E-state index >= 15 is 0 Å². The Balaban J connectivity index is 2.06. The van der Waals surface area contributed by atoms with Gasteiger partial charge >= 0.3 is 0 Å². The van der Waals surface area contributed by atoms with Gasteiger partial charge in [-0.3, -0.25) is 0 Å². The molecule has 0 aliphatic heterocycles. The molecule has 120 valence electrons. The molecule has 1 saturated carbocycles. The van der Waals surface area contributed by atoms with Crippen LogP contribution in [0.15, 0.2) is 10.3 Å². The molecule has 5 nitrogen and oxygen atoms in total. The number of methoxy groups -OCH3 is 1. The predicted molar refractivity (Wildman–Crippen MR) is 85.2 cm³/mol. The number of rotatable bonds is 8. The van der Waals surface area contributed by atoms with Gasteiger partial charge in [-0.15, -0.1) is 11.3 Å². The van der Waals surface area contributed by atoms with E-state index in [1.54, 1.807) is 7.11 Å². The second kappa shape index (κ2) is 7.19. The van der Waals surface area contributed by atoms with Gasteiger partial charge in [-0.25, -0.2) is 13.1 Å². The Morgan fingerprint density at radius 1 is 1.43 bits per heavy atom. The van der Waals surface area contributed by atoms with Gasteiger partial charge in [0.25, 0.3) is 0 Å². The lowest BCUT2D eigenvalue weighted by molar-refractivity contribution is 0.0236. The summed E-state index contributed by atoms with van der Waals surface area (Å²) in [5.74, 6) is 0. The summed E-state index contributed by atoms with van der Waals surface area (Å²) in [7, 11) is -1.78. The van der Waals surface area contributed by atoms with Crippen molar-refractivity contribution in [3.8, 4) is 0 Å². The fraction of sp³-hybridized carbons (Fsp3) is 0.714. The van der Waals surface area contributed by atoms with Gasteiger partial charge in [-0.1, -0.05) is 6.92 Å². The van der Waals surface area contributed by atoms with Gasteiger partial charge in [0.2, 0.25) is 10.0 Å². The maximum atomic E-state index is 12.6. The lowest BCUT2D eigenvalue weighted by atomic mass is 9.90.